The second-order valence-electron chi connectivity index (χ2n) is 4.99. The van der Waals surface area contributed by atoms with Crippen molar-refractivity contribution < 1.29 is 4.79 Å². The molecule has 22 heavy (non-hydrogen) atoms. The molecule has 0 saturated carbocycles. The molecule has 1 aliphatic rings. The number of carbonyl (C=O) groups excluding carboxylic acids is 1. The Balaban J connectivity index is 2.01. The minimum absolute atomic E-state index is 0.104. The van der Waals surface area contributed by atoms with E-state index in [1.165, 1.54) is 0 Å². The van der Waals surface area contributed by atoms with Gasteiger partial charge in [0.15, 0.2) is 0 Å². The maximum Gasteiger partial charge on any atom is 0.278 e. The summed E-state index contributed by atoms with van der Waals surface area (Å²) in [7, 11) is 0. The van der Waals surface area contributed by atoms with E-state index in [4.69, 9.17) is 5.73 Å². The van der Waals surface area contributed by atoms with Gasteiger partial charge in [0.2, 0.25) is 0 Å². The zero-order chi connectivity index (χ0) is 15.4. The zero-order valence-electron chi connectivity index (χ0n) is 12.1. The van der Waals surface area contributed by atoms with Gasteiger partial charge in [0, 0.05) is 18.7 Å². The van der Waals surface area contributed by atoms with E-state index in [0.717, 1.165) is 11.1 Å². The minimum Gasteiger partial charge on any atom is -0.329 e. The van der Waals surface area contributed by atoms with Crippen molar-refractivity contribution in [2.75, 3.05) is 13.1 Å². The third kappa shape index (κ3) is 2.82. The van der Waals surface area contributed by atoms with Gasteiger partial charge >= 0.3 is 0 Å². The average molecular weight is 291 g/mol. The van der Waals surface area contributed by atoms with Crippen LogP contribution in [-0.4, -0.2) is 29.7 Å². The number of rotatable bonds is 4. The number of hydrogen-bond donors (Lipinski definition) is 1. The lowest BCUT2D eigenvalue weighted by Crippen LogP contribution is -2.36. The van der Waals surface area contributed by atoms with E-state index in [9.17, 15) is 4.79 Å². The number of nitrogens with two attached hydrogens (primary N) is 1. The number of carbonyl (C=O) groups is 1. The Kier molecular flexibility index (Phi) is 4.12. The molecule has 4 nitrogen and oxygen atoms in total. The van der Waals surface area contributed by atoms with Crippen LogP contribution in [0.5, 0.6) is 0 Å². The molecule has 0 fully saturated rings. The lowest BCUT2D eigenvalue weighted by molar-refractivity contribution is -0.122. The third-order valence-corrected chi connectivity index (χ3v) is 3.43. The molecular weight excluding hydrogens is 274 g/mol. The topological polar surface area (TPSA) is 58.7 Å². The van der Waals surface area contributed by atoms with Crippen molar-refractivity contribution in [1.29, 1.82) is 0 Å². The summed E-state index contributed by atoms with van der Waals surface area (Å²) in [5.41, 5.74) is 7.96. The molecule has 2 N–H and O–H groups in total. The SMILES string of the molecule is NCCN1C(=O)/C(=C/c2ccccc2)N=C1c1ccccc1. The highest BCUT2D eigenvalue weighted by atomic mass is 16.2. The van der Waals surface area contributed by atoms with Crippen LogP contribution in [-0.2, 0) is 4.79 Å². The van der Waals surface area contributed by atoms with E-state index < -0.39 is 0 Å². The Labute approximate surface area is 129 Å². The summed E-state index contributed by atoms with van der Waals surface area (Å²) in [6, 6.07) is 19.4. The summed E-state index contributed by atoms with van der Waals surface area (Å²) < 4.78 is 0. The zero-order valence-corrected chi connectivity index (χ0v) is 12.1. The molecule has 1 heterocycles. The van der Waals surface area contributed by atoms with Crippen LogP contribution < -0.4 is 5.73 Å². The Bertz CT molecular complexity index is 721. The molecule has 110 valence electrons. The van der Waals surface area contributed by atoms with Crippen LogP contribution in [0.25, 0.3) is 6.08 Å². The van der Waals surface area contributed by atoms with Crippen LogP contribution in [0, 0.1) is 0 Å². The molecule has 0 aromatic heterocycles. The van der Waals surface area contributed by atoms with Crippen LogP contribution >= 0.6 is 0 Å². The summed E-state index contributed by atoms with van der Waals surface area (Å²) in [5.74, 6) is 0.561. The third-order valence-electron chi connectivity index (χ3n) is 3.43. The number of amidine groups is 1. The van der Waals surface area contributed by atoms with Crippen LogP contribution in [0.1, 0.15) is 11.1 Å². The average Bonchev–Trinajstić information content (AvgIpc) is 2.87. The highest BCUT2D eigenvalue weighted by Crippen LogP contribution is 2.21. The largest absolute Gasteiger partial charge is 0.329 e. The highest BCUT2D eigenvalue weighted by molar-refractivity contribution is 6.19. The molecule has 3 rings (SSSR count). The van der Waals surface area contributed by atoms with Crippen LogP contribution in [0.3, 0.4) is 0 Å². The number of nitrogens with zero attached hydrogens (tertiary/aromatic N) is 2. The van der Waals surface area contributed by atoms with Crippen molar-refractivity contribution in [2.45, 2.75) is 0 Å². The molecule has 0 aliphatic carbocycles. The standard InChI is InChI=1S/C18H17N3O/c19-11-12-21-17(15-9-5-2-6-10-15)20-16(18(21)22)13-14-7-3-1-4-8-14/h1-10,13H,11-12,19H2/b16-13-. The minimum atomic E-state index is -0.104. The molecule has 0 bridgehead atoms. The van der Waals surface area contributed by atoms with E-state index in [2.05, 4.69) is 4.99 Å². The van der Waals surface area contributed by atoms with E-state index in [0.29, 0.717) is 24.6 Å². The molecule has 0 radical (unpaired) electrons. The van der Waals surface area contributed by atoms with Gasteiger partial charge in [0.25, 0.3) is 5.91 Å². The summed E-state index contributed by atoms with van der Waals surface area (Å²) >= 11 is 0. The highest BCUT2D eigenvalue weighted by Gasteiger charge is 2.30. The monoisotopic (exact) mass is 291 g/mol. The van der Waals surface area contributed by atoms with E-state index in [-0.39, 0.29) is 5.91 Å². The van der Waals surface area contributed by atoms with E-state index in [1.807, 2.05) is 66.7 Å². The van der Waals surface area contributed by atoms with Gasteiger partial charge in [-0.15, -0.1) is 0 Å². The van der Waals surface area contributed by atoms with Gasteiger partial charge in [-0.25, -0.2) is 4.99 Å². The van der Waals surface area contributed by atoms with Gasteiger partial charge in [-0.1, -0.05) is 60.7 Å². The molecule has 0 atom stereocenters. The first kappa shape index (κ1) is 14.2. The van der Waals surface area contributed by atoms with Gasteiger partial charge in [-0.05, 0) is 11.6 Å². The quantitative estimate of drug-likeness (QED) is 0.879. The van der Waals surface area contributed by atoms with Crippen LogP contribution in [0.15, 0.2) is 71.4 Å². The Morgan fingerprint density at radius 2 is 1.64 bits per heavy atom. The molecule has 1 amide bonds. The summed E-state index contributed by atoms with van der Waals surface area (Å²) in [5, 5.41) is 0. The molecule has 4 heteroatoms. The number of amides is 1. The first-order valence-electron chi connectivity index (χ1n) is 7.22. The predicted octanol–water partition coefficient (Wildman–Crippen LogP) is 2.28. The second kappa shape index (κ2) is 6.37. The lowest BCUT2D eigenvalue weighted by Gasteiger charge is -2.17. The Morgan fingerprint density at radius 3 is 2.27 bits per heavy atom. The molecule has 0 saturated heterocycles. The summed E-state index contributed by atoms with van der Waals surface area (Å²) in [6.45, 7) is 0.856. The second-order valence-corrected chi connectivity index (χ2v) is 4.99. The first-order chi connectivity index (χ1) is 10.8. The molecule has 0 spiro atoms. The summed E-state index contributed by atoms with van der Waals surface area (Å²) in [6.07, 6.45) is 1.81. The van der Waals surface area contributed by atoms with Gasteiger partial charge in [-0.2, -0.15) is 0 Å². The predicted molar refractivity (Wildman–Crippen MR) is 88.2 cm³/mol. The maximum atomic E-state index is 12.6. The van der Waals surface area contributed by atoms with Gasteiger partial charge < -0.3 is 5.73 Å². The van der Waals surface area contributed by atoms with Crippen LogP contribution in [0.2, 0.25) is 0 Å². The molecular formula is C18H17N3O. The fourth-order valence-corrected chi connectivity index (χ4v) is 2.40. The van der Waals surface area contributed by atoms with Gasteiger partial charge in [0.05, 0.1) is 0 Å². The van der Waals surface area contributed by atoms with E-state index >= 15 is 0 Å². The molecule has 2 aromatic rings. The number of hydrogen-bond acceptors (Lipinski definition) is 3. The van der Waals surface area contributed by atoms with Crippen molar-refractivity contribution in [1.82, 2.24) is 4.90 Å². The number of benzene rings is 2. The fraction of sp³-hybridized carbons (Fsp3) is 0.111. The molecule has 1 aliphatic heterocycles. The van der Waals surface area contributed by atoms with Gasteiger partial charge in [-0.3, -0.25) is 9.69 Å². The number of aliphatic imine (C=N–C) groups is 1. The smallest absolute Gasteiger partial charge is 0.278 e. The molecule has 0 unspecified atom stereocenters. The van der Waals surface area contributed by atoms with Crippen LogP contribution in [0.4, 0.5) is 0 Å². The van der Waals surface area contributed by atoms with Crippen molar-refractivity contribution in [2.24, 2.45) is 10.7 Å². The van der Waals surface area contributed by atoms with Crippen molar-refractivity contribution in [3.8, 4) is 0 Å². The lowest BCUT2D eigenvalue weighted by atomic mass is 10.2. The van der Waals surface area contributed by atoms with Gasteiger partial charge in [0.1, 0.15) is 11.5 Å². The summed E-state index contributed by atoms with van der Waals surface area (Å²) in [4.78, 5) is 18.7. The fourth-order valence-electron chi connectivity index (χ4n) is 2.40. The first-order valence-corrected chi connectivity index (χ1v) is 7.22. The normalized spacial score (nSPS) is 16.2. The van der Waals surface area contributed by atoms with E-state index in [1.54, 1.807) is 4.90 Å². The Morgan fingerprint density at radius 1 is 1.00 bits per heavy atom. The van der Waals surface area contributed by atoms with Crippen molar-refractivity contribution in [3.05, 3.63) is 77.5 Å². The van der Waals surface area contributed by atoms with Crippen molar-refractivity contribution in [3.63, 3.8) is 0 Å². The van der Waals surface area contributed by atoms with Crippen molar-refractivity contribution >= 4 is 17.8 Å². The maximum absolute atomic E-state index is 12.6. The Hall–Kier alpha value is -2.72. The molecule has 2 aromatic carbocycles.